The van der Waals surface area contributed by atoms with Crippen molar-refractivity contribution in [3.05, 3.63) is 22.4 Å². The fourth-order valence-corrected chi connectivity index (χ4v) is 3.87. The van der Waals surface area contributed by atoms with E-state index >= 15 is 0 Å². The first kappa shape index (κ1) is 12.4. The summed E-state index contributed by atoms with van der Waals surface area (Å²) in [6.45, 7) is 7.54. The highest BCUT2D eigenvalue weighted by molar-refractivity contribution is 9.10. The van der Waals surface area contributed by atoms with Crippen molar-refractivity contribution in [3.63, 3.8) is 0 Å². The van der Waals surface area contributed by atoms with Crippen LogP contribution in [0.1, 0.15) is 26.0 Å². The van der Waals surface area contributed by atoms with Crippen LogP contribution >= 0.6 is 15.9 Å². The summed E-state index contributed by atoms with van der Waals surface area (Å²) in [4.78, 5) is 4.44. The highest BCUT2D eigenvalue weighted by atomic mass is 79.9. The van der Waals surface area contributed by atoms with Crippen LogP contribution in [0.3, 0.4) is 0 Å². The molecule has 3 rings (SSSR count). The third kappa shape index (κ3) is 1.77. The lowest BCUT2D eigenvalue weighted by molar-refractivity contribution is -0.0923. The number of fused-ring (bicyclic) bond motifs is 1. The van der Waals surface area contributed by atoms with Crippen molar-refractivity contribution >= 4 is 21.6 Å². The molecule has 0 aromatic carbocycles. The molecule has 1 saturated carbocycles. The summed E-state index contributed by atoms with van der Waals surface area (Å²) in [5, 5.41) is 3.67. The normalized spacial score (nSPS) is 32.8. The maximum Gasteiger partial charge on any atom is 0.106 e. The van der Waals surface area contributed by atoms with E-state index in [9.17, 15) is 0 Å². The van der Waals surface area contributed by atoms with Crippen molar-refractivity contribution in [2.24, 2.45) is 11.3 Å². The molecular weight excluding hydrogens is 292 g/mol. The van der Waals surface area contributed by atoms with E-state index in [1.807, 2.05) is 13.0 Å². The number of hydrogen-bond acceptors (Lipinski definition) is 3. The zero-order valence-electron chi connectivity index (χ0n) is 11.0. The van der Waals surface area contributed by atoms with Gasteiger partial charge in [0.05, 0.1) is 17.5 Å². The number of aryl methyl sites for hydroxylation is 1. The Balaban J connectivity index is 1.80. The van der Waals surface area contributed by atoms with Gasteiger partial charge in [-0.3, -0.25) is 0 Å². The van der Waals surface area contributed by atoms with Crippen molar-refractivity contribution in [2.75, 3.05) is 11.9 Å². The molecule has 1 N–H and O–H groups in total. The Morgan fingerprint density at radius 2 is 2.22 bits per heavy atom. The summed E-state index contributed by atoms with van der Waals surface area (Å²) in [5.41, 5.74) is 2.39. The Morgan fingerprint density at radius 1 is 1.44 bits per heavy atom. The zero-order valence-corrected chi connectivity index (χ0v) is 12.6. The van der Waals surface area contributed by atoms with Gasteiger partial charge in [-0.05, 0) is 41.4 Å². The molecule has 3 nitrogen and oxygen atoms in total. The number of anilines is 1. The molecule has 2 fully saturated rings. The monoisotopic (exact) mass is 310 g/mol. The number of pyridine rings is 1. The van der Waals surface area contributed by atoms with Crippen molar-refractivity contribution < 1.29 is 4.74 Å². The second-order valence-corrected chi connectivity index (χ2v) is 6.77. The summed E-state index contributed by atoms with van der Waals surface area (Å²) in [7, 11) is 0. The van der Waals surface area contributed by atoms with Crippen LogP contribution in [0.2, 0.25) is 0 Å². The molecule has 2 aliphatic rings. The van der Waals surface area contributed by atoms with Crippen LogP contribution in [0.15, 0.2) is 16.7 Å². The van der Waals surface area contributed by atoms with E-state index in [0.717, 1.165) is 22.6 Å². The van der Waals surface area contributed by atoms with Gasteiger partial charge >= 0.3 is 0 Å². The van der Waals surface area contributed by atoms with Gasteiger partial charge < -0.3 is 10.1 Å². The van der Waals surface area contributed by atoms with Crippen LogP contribution in [-0.2, 0) is 4.74 Å². The molecule has 1 aliphatic heterocycles. The molecular formula is C14H19BrN2O. The number of hydrogen-bond donors (Lipinski definition) is 1. The first-order valence-corrected chi connectivity index (χ1v) is 7.31. The Morgan fingerprint density at radius 3 is 2.94 bits per heavy atom. The smallest absolute Gasteiger partial charge is 0.106 e. The van der Waals surface area contributed by atoms with Gasteiger partial charge in [-0.1, -0.05) is 13.8 Å². The van der Waals surface area contributed by atoms with Crippen molar-refractivity contribution in [1.29, 1.82) is 0 Å². The Hall–Kier alpha value is -0.610. The molecule has 3 atom stereocenters. The Labute approximate surface area is 116 Å². The molecule has 1 aromatic heterocycles. The first-order valence-electron chi connectivity index (χ1n) is 6.51. The Bertz CT molecular complexity index is 475. The highest BCUT2D eigenvalue weighted by Crippen LogP contribution is 2.53. The second-order valence-electron chi connectivity index (χ2n) is 5.95. The number of nitrogens with one attached hydrogen (secondary N) is 1. The molecule has 98 valence electrons. The Kier molecular flexibility index (Phi) is 2.90. The van der Waals surface area contributed by atoms with Crippen LogP contribution < -0.4 is 5.32 Å². The zero-order chi connectivity index (χ0) is 12.9. The average molecular weight is 311 g/mol. The topological polar surface area (TPSA) is 34.2 Å². The third-order valence-electron chi connectivity index (χ3n) is 4.46. The molecule has 18 heavy (non-hydrogen) atoms. The van der Waals surface area contributed by atoms with E-state index in [1.165, 1.54) is 6.42 Å². The van der Waals surface area contributed by atoms with Crippen LogP contribution in [-0.4, -0.2) is 23.7 Å². The molecule has 3 unspecified atom stereocenters. The number of aromatic nitrogens is 1. The lowest BCUT2D eigenvalue weighted by Gasteiger charge is -2.55. The van der Waals surface area contributed by atoms with Gasteiger partial charge in [-0.25, -0.2) is 4.98 Å². The number of ether oxygens (including phenoxy) is 1. The predicted octanol–water partition coefficient (Wildman–Crippen LogP) is 3.38. The van der Waals surface area contributed by atoms with E-state index in [1.54, 1.807) is 0 Å². The number of nitrogens with zero attached hydrogens (tertiary/aromatic N) is 1. The average Bonchev–Trinajstić information content (AvgIpc) is 2.74. The fourth-order valence-electron chi connectivity index (χ4n) is 3.47. The number of rotatable bonds is 2. The van der Waals surface area contributed by atoms with Crippen LogP contribution in [0.4, 0.5) is 5.69 Å². The van der Waals surface area contributed by atoms with E-state index in [-0.39, 0.29) is 5.41 Å². The van der Waals surface area contributed by atoms with Crippen molar-refractivity contribution in [2.45, 2.75) is 39.3 Å². The molecule has 2 heterocycles. The van der Waals surface area contributed by atoms with Gasteiger partial charge in [0.25, 0.3) is 0 Å². The van der Waals surface area contributed by atoms with E-state index < -0.39 is 0 Å². The van der Waals surface area contributed by atoms with E-state index in [2.05, 4.69) is 46.1 Å². The molecule has 0 amide bonds. The standard InChI is InChI=1S/C14H19BrN2O/c1-8-10(4-5-11(15)16-8)17-12-9-6-7-18-13(9)14(12,2)3/h4-5,9,12-13,17H,6-7H2,1-3H3. The minimum absolute atomic E-state index is 0.209. The van der Waals surface area contributed by atoms with E-state index in [0.29, 0.717) is 18.1 Å². The lowest BCUT2D eigenvalue weighted by atomic mass is 9.57. The maximum atomic E-state index is 5.82. The highest BCUT2D eigenvalue weighted by Gasteiger charge is 2.59. The summed E-state index contributed by atoms with van der Waals surface area (Å²) in [5.74, 6) is 0.656. The quantitative estimate of drug-likeness (QED) is 0.850. The molecule has 0 bridgehead atoms. The largest absolute Gasteiger partial charge is 0.380 e. The first-order chi connectivity index (χ1) is 8.50. The molecule has 4 heteroatoms. The molecule has 1 aliphatic carbocycles. The van der Waals surface area contributed by atoms with Crippen molar-refractivity contribution in [3.8, 4) is 0 Å². The lowest BCUT2D eigenvalue weighted by Crippen LogP contribution is -2.63. The fraction of sp³-hybridized carbons (Fsp3) is 0.643. The van der Waals surface area contributed by atoms with Crippen molar-refractivity contribution in [1.82, 2.24) is 4.98 Å². The number of halogens is 1. The molecule has 0 spiro atoms. The summed E-state index contributed by atoms with van der Waals surface area (Å²) >= 11 is 3.40. The van der Waals surface area contributed by atoms with Gasteiger partial charge in [0.1, 0.15) is 4.60 Å². The second kappa shape index (κ2) is 4.20. The summed E-state index contributed by atoms with van der Waals surface area (Å²) in [6.07, 6.45) is 1.60. The molecule has 1 saturated heterocycles. The SMILES string of the molecule is Cc1nc(Br)ccc1NC1C2CCOC2C1(C)C. The van der Waals surface area contributed by atoms with Crippen LogP contribution in [0, 0.1) is 18.3 Å². The summed E-state index contributed by atoms with van der Waals surface area (Å²) < 4.78 is 6.71. The maximum absolute atomic E-state index is 5.82. The van der Waals surface area contributed by atoms with Gasteiger partial charge in [-0.15, -0.1) is 0 Å². The van der Waals surface area contributed by atoms with Gasteiger partial charge in [0.15, 0.2) is 0 Å². The predicted molar refractivity (Wildman–Crippen MR) is 75.7 cm³/mol. The van der Waals surface area contributed by atoms with Crippen LogP contribution in [0.25, 0.3) is 0 Å². The molecule has 1 aromatic rings. The minimum Gasteiger partial charge on any atom is -0.380 e. The van der Waals surface area contributed by atoms with E-state index in [4.69, 9.17) is 4.74 Å². The summed E-state index contributed by atoms with van der Waals surface area (Å²) in [6, 6.07) is 4.58. The minimum atomic E-state index is 0.209. The third-order valence-corrected chi connectivity index (χ3v) is 4.90. The van der Waals surface area contributed by atoms with Crippen LogP contribution in [0.5, 0.6) is 0 Å². The van der Waals surface area contributed by atoms with Gasteiger partial charge in [0, 0.05) is 24.0 Å². The van der Waals surface area contributed by atoms with Gasteiger partial charge in [0.2, 0.25) is 0 Å². The van der Waals surface area contributed by atoms with Gasteiger partial charge in [-0.2, -0.15) is 0 Å². The molecule has 0 radical (unpaired) electrons.